The van der Waals surface area contributed by atoms with Crippen LogP contribution in [0, 0.1) is 10.1 Å². The highest BCUT2D eigenvalue weighted by atomic mass is 32.1. The Morgan fingerprint density at radius 3 is 2.62 bits per heavy atom. The smallest absolute Gasteiger partial charge is 0.306 e. The van der Waals surface area contributed by atoms with Crippen molar-refractivity contribution in [1.82, 2.24) is 4.98 Å². The second kappa shape index (κ2) is 11.8. The van der Waals surface area contributed by atoms with Crippen LogP contribution in [-0.4, -0.2) is 28.6 Å². The van der Waals surface area contributed by atoms with Crippen LogP contribution < -0.4 is 5.32 Å². The summed E-state index contributed by atoms with van der Waals surface area (Å²) in [6, 6.07) is 11.2. The summed E-state index contributed by atoms with van der Waals surface area (Å²) in [6.45, 7) is 0.194. The van der Waals surface area contributed by atoms with Crippen molar-refractivity contribution in [3.05, 3.63) is 70.0 Å². The lowest BCUT2D eigenvalue weighted by Crippen LogP contribution is -2.13. The number of carbonyl (C=O) groups excluding carboxylic acids is 2. The van der Waals surface area contributed by atoms with Crippen molar-refractivity contribution in [3.63, 3.8) is 0 Å². The van der Waals surface area contributed by atoms with Gasteiger partial charge in [0.25, 0.3) is 5.09 Å². The van der Waals surface area contributed by atoms with Crippen LogP contribution in [0.25, 0.3) is 10.1 Å². The van der Waals surface area contributed by atoms with Crippen molar-refractivity contribution in [2.24, 2.45) is 0 Å². The van der Waals surface area contributed by atoms with E-state index in [0.717, 1.165) is 26.2 Å². The molecule has 0 spiro atoms. The first kappa shape index (κ1) is 23.1. The third kappa shape index (κ3) is 7.62. The Balaban J connectivity index is 1.35. The highest BCUT2D eigenvalue weighted by Gasteiger charge is 2.08. The highest BCUT2D eigenvalue weighted by Crippen LogP contribution is 2.28. The standard InChI is InChI=1S/C22H23N3O6S/c26-20(24-21-13-18-9-10-23-14-19(18)32-21)12-16-5-7-17(8-6-16)15-30-22(27)4-2-1-3-11-31-25(28)29/h5-10,13-14H,1-4,11-12,15H2,(H,24,26). The topological polar surface area (TPSA) is 121 Å². The molecular formula is C22H23N3O6S. The second-order valence-electron chi connectivity index (χ2n) is 7.09. The molecule has 0 aliphatic carbocycles. The summed E-state index contributed by atoms with van der Waals surface area (Å²) in [5.74, 6) is -0.422. The summed E-state index contributed by atoms with van der Waals surface area (Å²) in [4.78, 5) is 42.4. The molecular weight excluding hydrogens is 434 g/mol. The molecule has 0 aliphatic heterocycles. The van der Waals surface area contributed by atoms with Crippen LogP contribution in [0.4, 0.5) is 5.00 Å². The summed E-state index contributed by atoms with van der Waals surface area (Å²) < 4.78 is 6.26. The first-order chi connectivity index (χ1) is 15.5. The van der Waals surface area contributed by atoms with Gasteiger partial charge in [0, 0.05) is 18.8 Å². The van der Waals surface area contributed by atoms with E-state index in [0.29, 0.717) is 19.3 Å². The van der Waals surface area contributed by atoms with E-state index in [1.165, 1.54) is 11.3 Å². The molecule has 0 fully saturated rings. The summed E-state index contributed by atoms with van der Waals surface area (Å²) in [5, 5.41) is 13.9. The maximum absolute atomic E-state index is 12.3. The van der Waals surface area contributed by atoms with E-state index in [1.54, 1.807) is 12.4 Å². The number of anilines is 1. The van der Waals surface area contributed by atoms with Gasteiger partial charge in [-0.1, -0.05) is 30.7 Å². The van der Waals surface area contributed by atoms with Crippen molar-refractivity contribution < 1.29 is 24.3 Å². The molecule has 1 N–H and O–H groups in total. The molecule has 0 saturated carbocycles. The van der Waals surface area contributed by atoms with E-state index in [2.05, 4.69) is 15.1 Å². The maximum atomic E-state index is 12.3. The monoisotopic (exact) mass is 457 g/mol. The van der Waals surface area contributed by atoms with Gasteiger partial charge in [0.15, 0.2) is 0 Å². The number of esters is 1. The van der Waals surface area contributed by atoms with E-state index in [-0.39, 0.29) is 37.9 Å². The van der Waals surface area contributed by atoms with Crippen LogP contribution in [0.5, 0.6) is 0 Å². The van der Waals surface area contributed by atoms with Gasteiger partial charge >= 0.3 is 5.97 Å². The number of ether oxygens (including phenoxy) is 1. The number of amides is 1. The number of thiophene rings is 1. The summed E-state index contributed by atoms with van der Waals surface area (Å²) in [5.41, 5.74) is 1.69. The van der Waals surface area contributed by atoms with E-state index in [1.807, 2.05) is 36.4 Å². The number of unbranched alkanes of at least 4 members (excludes halogenated alkanes) is 2. The van der Waals surface area contributed by atoms with E-state index < -0.39 is 5.09 Å². The van der Waals surface area contributed by atoms with Crippen LogP contribution >= 0.6 is 11.3 Å². The van der Waals surface area contributed by atoms with Gasteiger partial charge in [-0.25, -0.2) is 0 Å². The molecule has 2 aromatic heterocycles. The van der Waals surface area contributed by atoms with Crippen molar-refractivity contribution in [2.75, 3.05) is 11.9 Å². The zero-order valence-electron chi connectivity index (χ0n) is 17.3. The van der Waals surface area contributed by atoms with Gasteiger partial charge in [-0.15, -0.1) is 21.5 Å². The normalized spacial score (nSPS) is 10.6. The van der Waals surface area contributed by atoms with Gasteiger partial charge in [0.05, 0.1) is 22.7 Å². The number of pyridine rings is 1. The maximum Gasteiger partial charge on any atom is 0.306 e. The molecule has 0 unspecified atom stereocenters. The Morgan fingerprint density at radius 2 is 1.88 bits per heavy atom. The van der Waals surface area contributed by atoms with Gasteiger partial charge in [0.1, 0.15) is 6.61 Å². The minimum absolute atomic E-state index is 0.0357. The highest BCUT2D eigenvalue weighted by molar-refractivity contribution is 7.22. The molecule has 3 rings (SSSR count). The van der Waals surface area contributed by atoms with Crippen LogP contribution in [0.2, 0.25) is 0 Å². The van der Waals surface area contributed by atoms with E-state index >= 15 is 0 Å². The molecule has 0 radical (unpaired) electrons. The molecule has 2 heterocycles. The first-order valence-corrected chi connectivity index (χ1v) is 11.0. The van der Waals surface area contributed by atoms with Crippen LogP contribution in [-0.2, 0) is 32.2 Å². The fraction of sp³-hybridized carbons (Fsp3) is 0.318. The van der Waals surface area contributed by atoms with Crippen molar-refractivity contribution in [3.8, 4) is 0 Å². The Bertz CT molecular complexity index is 1030. The zero-order chi connectivity index (χ0) is 22.8. The second-order valence-corrected chi connectivity index (χ2v) is 8.18. The van der Waals surface area contributed by atoms with Crippen LogP contribution in [0.1, 0.15) is 36.8 Å². The SMILES string of the molecule is O=C(Cc1ccc(COC(=O)CCCCCO[N+](=O)[O-])cc1)Nc1cc2ccncc2s1. The van der Waals surface area contributed by atoms with Crippen molar-refractivity contribution in [2.45, 2.75) is 38.7 Å². The lowest BCUT2D eigenvalue weighted by molar-refractivity contribution is -0.757. The quantitative estimate of drug-likeness (QED) is 0.186. The largest absolute Gasteiger partial charge is 0.461 e. The molecule has 10 heteroatoms. The molecule has 3 aromatic rings. The Labute approximate surface area is 188 Å². The number of hydrogen-bond donors (Lipinski definition) is 1. The van der Waals surface area contributed by atoms with Crippen molar-refractivity contribution >= 4 is 38.3 Å². The molecule has 1 amide bonds. The lowest BCUT2D eigenvalue weighted by atomic mass is 10.1. The molecule has 0 atom stereocenters. The summed E-state index contributed by atoms with van der Waals surface area (Å²) in [6.07, 6.45) is 5.75. The van der Waals surface area contributed by atoms with Gasteiger partial charge in [-0.3, -0.25) is 14.6 Å². The average molecular weight is 458 g/mol. The molecule has 0 saturated heterocycles. The molecule has 0 aliphatic rings. The fourth-order valence-corrected chi connectivity index (χ4v) is 3.94. The Hall–Kier alpha value is -3.53. The molecule has 32 heavy (non-hydrogen) atoms. The fourth-order valence-electron chi connectivity index (χ4n) is 2.99. The molecule has 0 bridgehead atoms. The minimum Gasteiger partial charge on any atom is -0.461 e. The number of carbonyl (C=O) groups is 2. The Kier molecular flexibility index (Phi) is 8.50. The number of fused-ring (bicyclic) bond motifs is 1. The van der Waals surface area contributed by atoms with Crippen LogP contribution in [0.15, 0.2) is 48.8 Å². The van der Waals surface area contributed by atoms with Gasteiger partial charge < -0.3 is 14.9 Å². The van der Waals surface area contributed by atoms with Crippen LogP contribution in [0.3, 0.4) is 0 Å². The predicted octanol–water partition coefficient (Wildman–Crippen LogP) is 4.29. The minimum atomic E-state index is -0.824. The number of hydrogen-bond acceptors (Lipinski definition) is 8. The number of rotatable bonds is 12. The lowest BCUT2D eigenvalue weighted by Gasteiger charge is -2.07. The average Bonchev–Trinajstić information content (AvgIpc) is 3.17. The molecule has 1 aromatic carbocycles. The summed E-state index contributed by atoms with van der Waals surface area (Å²) in [7, 11) is 0. The molecule has 9 nitrogen and oxygen atoms in total. The molecule has 168 valence electrons. The van der Waals surface area contributed by atoms with Gasteiger partial charge in [-0.05, 0) is 41.5 Å². The number of aromatic nitrogens is 1. The predicted molar refractivity (Wildman–Crippen MR) is 120 cm³/mol. The van der Waals surface area contributed by atoms with E-state index in [4.69, 9.17) is 4.74 Å². The number of nitrogens with zero attached hydrogens (tertiary/aromatic N) is 2. The zero-order valence-corrected chi connectivity index (χ0v) is 18.1. The van der Waals surface area contributed by atoms with Crippen molar-refractivity contribution in [1.29, 1.82) is 0 Å². The number of benzene rings is 1. The first-order valence-electron chi connectivity index (χ1n) is 10.1. The number of nitrogens with one attached hydrogen (secondary N) is 1. The third-order valence-corrected chi connectivity index (χ3v) is 5.60. The van der Waals surface area contributed by atoms with E-state index in [9.17, 15) is 19.7 Å². The van der Waals surface area contributed by atoms with Gasteiger partial charge in [-0.2, -0.15) is 0 Å². The summed E-state index contributed by atoms with van der Waals surface area (Å²) >= 11 is 1.48. The Morgan fingerprint density at radius 1 is 1.09 bits per heavy atom. The third-order valence-electron chi connectivity index (χ3n) is 4.60. The van der Waals surface area contributed by atoms with Gasteiger partial charge in [0.2, 0.25) is 5.91 Å².